The van der Waals surface area contributed by atoms with Crippen molar-refractivity contribution in [3.63, 3.8) is 0 Å². The molecular weight excluding hydrogens is 289 g/mol. The van der Waals surface area contributed by atoms with Gasteiger partial charge in [-0.25, -0.2) is 0 Å². The van der Waals surface area contributed by atoms with Gasteiger partial charge in [0.15, 0.2) is 0 Å². The van der Waals surface area contributed by atoms with Gasteiger partial charge in [-0.15, -0.1) is 0 Å². The first-order chi connectivity index (χ1) is 6.59. The summed E-state index contributed by atoms with van der Waals surface area (Å²) in [7, 11) is 1.81. The van der Waals surface area contributed by atoms with Crippen molar-refractivity contribution < 1.29 is 0 Å². The largest absolute Gasteiger partial charge is 0.311 e. The monoisotopic (exact) mass is 299 g/mol. The molecule has 0 saturated carbocycles. The zero-order chi connectivity index (χ0) is 10.3. The Morgan fingerprint density at radius 2 is 2.00 bits per heavy atom. The van der Waals surface area contributed by atoms with Crippen molar-refractivity contribution in [3.05, 3.63) is 43.8 Å². The van der Waals surface area contributed by atoms with Crippen LogP contribution in [0.5, 0.6) is 0 Å². The second-order valence-electron chi connectivity index (χ2n) is 3.39. The summed E-state index contributed by atoms with van der Waals surface area (Å²) in [6.45, 7) is 1.85. The first-order valence-electron chi connectivity index (χ1n) is 4.35. The van der Waals surface area contributed by atoms with E-state index in [9.17, 15) is 4.79 Å². The standard InChI is InChI=1S/C11H10INO/c1-7-5-8-6-9(12)3-4-10(8)13(2)11(7)14/h3-6H,1-2H3. The van der Waals surface area contributed by atoms with Crippen molar-refractivity contribution in [1.29, 1.82) is 0 Å². The minimum atomic E-state index is 0.0821. The van der Waals surface area contributed by atoms with Gasteiger partial charge in [-0.05, 0) is 59.2 Å². The number of aryl methyl sites for hydroxylation is 2. The van der Waals surface area contributed by atoms with Crippen LogP contribution in [0.2, 0.25) is 0 Å². The van der Waals surface area contributed by atoms with Crippen LogP contribution in [0.15, 0.2) is 29.1 Å². The molecular formula is C11H10INO. The molecule has 0 fully saturated rings. The minimum Gasteiger partial charge on any atom is -0.311 e. The van der Waals surface area contributed by atoms with Crippen molar-refractivity contribution in [3.8, 4) is 0 Å². The fourth-order valence-corrected chi connectivity index (χ4v) is 2.13. The van der Waals surface area contributed by atoms with E-state index in [4.69, 9.17) is 0 Å². The summed E-state index contributed by atoms with van der Waals surface area (Å²) in [4.78, 5) is 11.6. The van der Waals surface area contributed by atoms with Crippen molar-refractivity contribution in [2.75, 3.05) is 0 Å². The van der Waals surface area contributed by atoms with E-state index in [0.717, 1.165) is 16.5 Å². The molecule has 2 aromatic rings. The molecule has 0 atom stereocenters. The van der Waals surface area contributed by atoms with Crippen molar-refractivity contribution in [1.82, 2.24) is 4.57 Å². The third-order valence-corrected chi connectivity index (χ3v) is 3.04. The first kappa shape index (κ1) is 9.71. The van der Waals surface area contributed by atoms with Gasteiger partial charge >= 0.3 is 0 Å². The highest BCUT2D eigenvalue weighted by atomic mass is 127. The van der Waals surface area contributed by atoms with Gasteiger partial charge in [-0.1, -0.05) is 0 Å². The number of fused-ring (bicyclic) bond motifs is 1. The Bertz CT molecular complexity index is 557. The van der Waals surface area contributed by atoms with E-state index in [1.807, 2.05) is 32.2 Å². The molecule has 1 aromatic carbocycles. The summed E-state index contributed by atoms with van der Waals surface area (Å²) in [6, 6.07) is 8.03. The Kier molecular flexibility index (Phi) is 2.34. The fourth-order valence-electron chi connectivity index (χ4n) is 1.62. The van der Waals surface area contributed by atoms with Gasteiger partial charge in [0.05, 0.1) is 5.52 Å². The third-order valence-electron chi connectivity index (χ3n) is 2.36. The van der Waals surface area contributed by atoms with E-state index in [1.165, 1.54) is 3.57 Å². The van der Waals surface area contributed by atoms with Crippen molar-refractivity contribution >= 4 is 33.5 Å². The van der Waals surface area contributed by atoms with E-state index in [2.05, 4.69) is 28.7 Å². The van der Waals surface area contributed by atoms with E-state index >= 15 is 0 Å². The van der Waals surface area contributed by atoms with Crippen molar-refractivity contribution in [2.24, 2.45) is 7.05 Å². The molecule has 0 saturated heterocycles. The SMILES string of the molecule is Cc1cc2cc(I)ccc2n(C)c1=O. The quantitative estimate of drug-likeness (QED) is 0.685. The molecule has 0 bridgehead atoms. The highest BCUT2D eigenvalue weighted by molar-refractivity contribution is 14.1. The number of nitrogens with zero attached hydrogens (tertiary/aromatic N) is 1. The summed E-state index contributed by atoms with van der Waals surface area (Å²) >= 11 is 2.27. The molecule has 2 rings (SSSR count). The lowest BCUT2D eigenvalue weighted by molar-refractivity contribution is 0.893. The molecule has 3 heteroatoms. The summed E-state index contributed by atoms with van der Waals surface area (Å²) in [6.07, 6.45) is 0. The van der Waals surface area contributed by atoms with Gasteiger partial charge in [0.2, 0.25) is 0 Å². The predicted molar refractivity (Wildman–Crippen MR) is 66.6 cm³/mol. The molecule has 1 aromatic heterocycles. The molecule has 0 amide bonds. The first-order valence-corrected chi connectivity index (χ1v) is 5.43. The zero-order valence-electron chi connectivity index (χ0n) is 8.04. The summed E-state index contributed by atoms with van der Waals surface area (Å²) in [5.74, 6) is 0. The van der Waals surface area contributed by atoms with Crippen LogP contribution in [-0.2, 0) is 7.05 Å². The van der Waals surface area contributed by atoms with Gasteiger partial charge in [-0.3, -0.25) is 4.79 Å². The molecule has 0 aliphatic carbocycles. The summed E-state index contributed by atoms with van der Waals surface area (Å²) < 4.78 is 2.88. The molecule has 0 aliphatic heterocycles. The number of halogens is 1. The molecule has 0 aliphatic rings. The highest BCUT2D eigenvalue weighted by Crippen LogP contribution is 2.16. The molecule has 0 unspecified atom stereocenters. The molecule has 72 valence electrons. The average molecular weight is 299 g/mol. The van der Waals surface area contributed by atoms with Gasteiger partial charge in [0.1, 0.15) is 0 Å². The Morgan fingerprint density at radius 1 is 1.29 bits per heavy atom. The van der Waals surface area contributed by atoms with Crippen LogP contribution < -0.4 is 5.56 Å². The Labute approximate surface area is 95.7 Å². The number of pyridine rings is 1. The predicted octanol–water partition coefficient (Wildman–Crippen LogP) is 2.45. The Balaban J connectivity index is 2.98. The van der Waals surface area contributed by atoms with Crippen LogP contribution >= 0.6 is 22.6 Å². The number of hydrogen-bond donors (Lipinski definition) is 0. The second kappa shape index (κ2) is 3.38. The summed E-state index contributed by atoms with van der Waals surface area (Å²) in [5, 5.41) is 1.12. The van der Waals surface area contributed by atoms with Gasteiger partial charge in [0.25, 0.3) is 5.56 Å². The number of aromatic nitrogens is 1. The molecule has 2 nitrogen and oxygen atoms in total. The van der Waals surface area contributed by atoms with Crippen LogP contribution in [-0.4, -0.2) is 4.57 Å². The van der Waals surface area contributed by atoms with E-state index < -0.39 is 0 Å². The van der Waals surface area contributed by atoms with Gasteiger partial charge in [-0.2, -0.15) is 0 Å². The van der Waals surface area contributed by atoms with Gasteiger partial charge in [0, 0.05) is 16.2 Å². The number of hydrogen-bond acceptors (Lipinski definition) is 1. The van der Waals surface area contributed by atoms with E-state index in [1.54, 1.807) is 4.57 Å². The molecule has 14 heavy (non-hydrogen) atoms. The maximum absolute atomic E-state index is 11.6. The van der Waals surface area contributed by atoms with Crippen LogP contribution in [0.3, 0.4) is 0 Å². The summed E-state index contributed by atoms with van der Waals surface area (Å²) in [5.41, 5.74) is 1.86. The average Bonchev–Trinajstić information content (AvgIpc) is 2.14. The van der Waals surface area contributed by atoms with Crippen LogP contribution in [0.4, 0.5) is 0 Å². The highest BCUT2D eigenvalue weighted by Gasteiger charge is 2.02. The van der Waals surface area contributed by atoms with E-state index in [-0.39, 0.29) is 5.56 Å². The molecule has 0 N–H and O–H groups in total. The molecule has 0 radical (unpaired) electrons. The lowest BCUT2D eigenvalue weighted by Gasteiger charge is -2.06. The smallest absolute Gasteiger partial charge is 0.253 e. The third kappa shape index (κ3) is 1.45. The maximum atomic E-state index is 11.6. The Hall–Kier alpha value is -0.840. The topological polar surface area (TPSA) is 22.0 Å². The Morgan fingerprint density at radius 3 is 2.71 bits per heavy atom. The fraction of sp³-hybridized carbons (Fsp3) is 0.182. The molecule has 1 heterocycles. The van der Waals surface area contributed by atoms with Crippen LogP contribution in [0.1, 0.15) is 5.56 Å². The van der Waals surface area contributed by atoms with E-state index in [0.29, 0.717) is 0 Å². The lowest BCUT2D eigenvalue weighted by Crippen LogP contribution is -2.19. The minimum absolute atomic E-state index is 0.0821. The normalized spacial score (nSPS) is 10.8. The number of rotatable bonds is 0. The second-order valence-corrected chi connectivity index (χ2v) is 4.64. The van der Waals surface area contributed by atoms with Crippen LogP contribution in [0, 0.1) is 10.5 Å². The number of benzene rings is 1. The maximum Gasteiger partial charge on any atom is 0.253 e. The lowest BCUT2D eigenvalue weighted by atomic mass is 10.1. The van der Waals surface area contributed by atoms with Crippen LogP contribution in [0.25, 0.3) is 10.9 Å². The van der Waals surface area contributed by atoms with Crippen molar-refractivity contribution in [2.45, 2.75) is 6.92 Å². The molecule has 0 spiro atoms. The van der Waals surface area contributed by atoms with Gasteiger partial charge < -0.3 is 4.57 Å². The zero-order valence-corrected chi connectivity index (χ0v) is 10.2.